The van der Waals surface area contributed by atoms with Crippen molar-refractivity contribution in [3.05, 3.63) is 35.2 Å². The average Bonchev–Trinajstić information content (AvgIpc) is 2.49. The third kappa shape index (κ3) is 1.14. The fraction of sp³-hybridized carbons (Fsp3) is 0.100. The number of fused-ring (bicyclic) bond motifs is 1. The molecule has 0 saturated carbocycles. The Balaban J connectivity index is 2.68. The van der Waals surface area contributed by atoms with Crippen LogP contribution < -0.4 is 0 Å². The van der Waals surface area contributed by atoms with Gasteiger partial charge in [-0.25, -0.2) is 0 Å². The van der Waals surface area contributed by atoms with E-state index in [1.54, 1.807) is 18.3 Å². The first-order valence-electron chi connectivity index (χ1n) is 3.75. The minimum Gasteiger partial charge on any atom is -0.295 e. The summed E-state index contributed by atoms with van der Waals surface area (Å²) in [6, 6.07) is 7.85. The highest BCUT2D eigenvalue weighted by Gasteiger charge is 2.00. The predicted octanol–water partition coefficient (Wildman–Crippen LogP) is 3.10. The number of rotatable bonds is 1. The maximum absolute atomic E-state index is 11.0. The highest BCUT2D eigenvalue weighted by atomic mass is 32.1. The molecule has 0 spiro atoms. The van der Waals surface area contributed by atoms with Crippen molar-refractivity contribution in [2.45, 2.75) is 6.92 Å². The van der Waals surface area contributed by atoms with Gasteiger partial charge in [0.25, 0.3) is 0 Å². The Labute approximate surface area is 74.6 Å². The van der Waals surface area contributed by atoms with Gasteiger partial charge in [-0.15, -0.1) is 11.3 Å². The van der Waals surface area contributed by atoms with Crippen LogP contribution in [0.1, 0.15) is 17.3 Å². The van der Waals surface area contributed by atoms with Gasteiger partial charge in [0.05, 0.1) is 0 Å². The molecular weight excluding hydrogens is 168 g/mol. The summed E-state index contributed by atoms with van der Waals surface area (Å²) in [5.74, 6) is 0.128. The number of benzene rings is 1. The van der Waals surface area contributed by atoms with E-state index in [9.17, 15) is 4.79 Å². The summed E-state index contributed by atoms with van der Waals surface area (Å²) in [7, 11) is 0. The molecule has 12 heavy (non-hydrogen) atoms. The summed E-state index contributed by atoms with van der Waals surface area (Å²) in [6.45, 7) is 1.59. The predicted molar refractivity (Wildman–Crippen MR) is 51.8 cm³/mol. The van der Waals surface area contributed by atoms with Crippen LogP contribution in [0.4, 0.5) is 0 Å². The zero-order valence-corrected chi connectivity index (χ0v) is 7.52. The first kappa shape index (κ1) is 7.50. The van der Waals surface area contributed by atoms with Crippen molar-refractivity contribution in [1.29, 1.82) is 0 Å². The van der Waals surface area contributed by atoms with E-state index in [0.717, 1.165) is 10.9 Å². The van der Waals surface area contributed by atoms with Crippen LogP contribution in [0.2, 0.25) is 0 Å². The van der Waals surface area contributed by atoms with Crippen LogP contribution in [0.3, 0.4) is 0 Å². The summed E-state index contributed by atoms with van der Waals surface area (Å²) in [4.78, 5) is 11.0. The molecule has 0 atom stereocenters. The Bertz CT molecular complexity index is 428. The zero-order valence-electron chi connectivity index (χ0n) is 6.70. The fourth-order valence-corrected chi connectivity index (χ4v) is 1.96. The SMILES string of the molecule is CC(=O)c1ccc2sccc2c1. The van der Waals surface area contributed by atoms with Gasteiger partial charge in [0.15, 0.2) is 5.78 Å². The third-order valence-corrected chi connectivity index (χ3v) is 2.76. The molecule has 1 nitrogen and oxygen atoms in total. The Morgan fingerprint density at radius 2 is 2.17 bits per heavy atom. The molecule has 0 unspecified atom stereocenters. The van der Waals surface area contributed by atoms with Gasteiger partial charge in [-0.05, 0) is 42.0 Å². The molecule has 0 aliphatic rings. The second-order valence-electron chi connectivity index (χ2n) is 2.73. The molecule has 2 aromatic rings. The van der Waals surface area contributed by atoms with Gasteiger partial charge in [-0.2, -0.15) is 0 Å². The number of Topliss-reactive ketones (excluding diaryl/α,β-unsaturated/α-hetero) is 1. The second kappa shape index (κ2) is 2.72. The van der Waals surface area contributed by atoms with E-state index < -0.39 is 0 Å². The van der Waals surface area contributed by atoms with Crippen molar-refractivity contribution in [2.24, 2.45) is 0 Å². The first-order chi connectivity index (χ1) is 5.77. The normalized spacial score (nSPS) is 10.4. The maximum atomic E-state index is 11.0. The van der Waals surface area contributed by atoms with Crippen LogP contribution in [0.15, 0.2) is 29.6 Å². The van der Waals surface area contributed by atoms with Crippen LogP contribution >= 0.6 is 11.3 Å². The monoisotopic (exact) mass is 176 g/mol. The lowest BCUT2D eigenvalue weighted by Gasteiger charge is -1.94. The molecule has 2 heteroatoms. The van der Waals surface area contributed by atoms with Crippen LogP contribution in [0.25, 0.3) is 10.1 Å². The van der Waals surface area contributed by atoms with E-state index >= 15 is 0 Å². The molecule has 0 fully saturated rings. The number of thiophene rings is 1. The van der Waals surface area contributed by atoms with E-state index in [2.05, 4.69) is 0 Å². The molecule has 2 rings (SSSR count). The molecule has 1 aromatic heterocycles. The van der Waals surface area contributed by atoms with E-state index in [1.807, 2.05) is 29.6 Å². The van der Waals surface area contributed by atoms with Gasteiger partial charge < -0.3 is 0 Å². The molecule has 0 bridgehead atoms. The number of carbonyl (C=O) groups excluding carboxylic acids is 1. The smallest absolute Gasteiger partial charge is 0.159 e. The molecule has 0 aliphatic carbocycles. The Morgan fingerprint density at radius 3 is 2.92 bits per heavy atom. The molecular formula is C10H8OS. The number of hydrogen-bond acceptors (Lipinski definition) is 2. The van der Waals surface area contributed by atoms with E-state index in [0.29, 0.717) is 0 Å². The van der Waals surface area contributed by atoms with Crippen molar-refractivity contribution in [2.75, 3.05) is 0 Å². The highest BCUT2D eigenvalue weighted by molar-refractivity contribution is 7.17. The molecule has 0 N–H and O–H groups in total. The first-order valence-corrected chi connectivity index (χ1v) is 4.63. The fourth-order valence-electron chi connectivity index (χ4n) is 1.19. The second-order valence-corrected chi connectivity index (χ2v) is 3.68. The lowest BCUT2D eigenvalue weighted by Crippen LogP contribution is -1.89. The largest absolute Gasteiger partial charge is 0.295 e. The van der Waals surface area contributed by atoms with Crippen LogP contribution in [-0.4, -0.2) is 5.78 Å². The maximum Gasteiger partial charge on any atom is 0.159 e. The summed E-state index contributed by atoms with van der Waals surface area (Å²) >= 11 is 1.70. The summed E-state index contributed by atoms with van der Waals surface area (Å²) in [6.07, 6.45) is 0. The third-order valence-electron chi connectivity index (χ3n) is 1.86. The Morgan fingerprint density at radius 1 is 1.33 bits per heavy atom. The quantitative estimate of drug-likeness (QED) is 0.610. The molecule has 0 radical (unpaired) electrons. The zero-order chi connectivity index (χ0) is 8.55. The van der Waals surface area contributed by atoms with Gasteiger partial charge >= 0.3 is 0 Å². The molecule has 0 saturated heterocycles. The molecule has 0 amide bonds. The molecule has 1 heterocycles. The van der Waals surface area contributed by atoms with E-state index in [4.69, 9.17) is 0 Å². The lowest BCUT2D eigenvalue weighted by molar-refractivity contribution is 0.101. The van der Waals surface area contributed by atoms with Crippen LogP contribution in [0.5, 0.6) is 0 Å². The highest BCUT2D eigenvalue weighted by Crippen LogP contribution is 2.21. The molecule has 0 aliphatic heterocycles. The Hall–Kier alpha value is -1.15. The van der Waals surface area contributed by atoms with E-state index in [1.165, 1.54) is 4.70 Å². The van der Waals surface area contributed by atoms with Crippen molar-refractivity contribution in [3.63, 3.8) is 0 Å². The van der Waals surface area contributed by atoms with Gasteiger partial charge in [0, 0.05) is 10.3 Å². The minimum absolute atomic E-state index is 0.128. The Kier molecular flexibility index (Phi) is 1.70. The number of carbonyl (C=O) groups is 1. The number of ketones is 1. The van der Waals surface area contributed by atoms with Crippen LogP contribution in [0, 0.1) is 0 Å². The van der Waals surface area contributed by atoms with Crippen molar-refractivity contribution in [1.82, 2.24) is 0 Å². The average molecular weight is 176 g/mol. The van der Waals surface area contributed by atoms with Crippen LogP contribution in [-0.2, 0) is 0 Å². The van der Waals surface area contributed by atoms with Gasteiger partial charge in [0.2, 0.25) is 0 Å². The van der Waals surface area contributed by atoms with Crippen molar-refractivity contribution < 1.29 is 4.79 Å². The standard InChI is InChI=1S/C10H8OS/c1-7(11)8-2-3-10-9(6-8)4-5-12-10/h2-6H,1H3. The molecule has 1 aromatic carbocycles. The van der Waals surface area contributed by atoms with Gasteiger partial charge in [-0.3, -0.25) is 4.79 Å². The van der Waals surface area contributed by atoms with E-state index in [-0.39, 0.29) is 5.78 Å². The summed E-state index contributed by atoms with van der Waals surface area (Å²) < 4.78 is 1.24. The lowest BCUT2D eigenvalue weighted by atomic mass is 10.1. The number of hydrogen-bond donors (Lipinski definition) is 0. The van der Waals surface area contributed by atoms with Gasteiger partial charge in [-0.1, -0.05) is 0 Å². The van der Waals surface area contributed by atoms with Crippen molar-refractivity contribution in [3.8, 4) is 0 Å². The topological polar surface area (TPSA) is 17.1 Å². The van der Waals surface area contributed by atoms with Crippen molar-refractivity contribution >= 4 is 27.2 Å². The summed E-state index contributed by atoms with van der Waals surface area (Å²) in [5, 5.41) is 3.20. The summed E-state index contributed by atoms with van der Waals surface area (Å²) in [5.41, 5.74) is 0.793. The van der Waals surface area contributed by atoms with Gasteiger partial charge in [0.1, 0.15) is 0 Å². The molecule has 60 valence electrons. The minimum atomic E-state index is 0.128.